The predicted octanol–water partition coefficient (Wildman–Crippen LogP) is 0.580. The second-order valence-electron chi connectivity index (χ2n) is 4.54. The van der Waals surface area contributed by atoms with E-state index in [1.165, 1.54) is 18.2 Å². The van der Waals surface area contributed by atoms with Gasteiger partial charge in [0.1, 0.15) is 4.90 Å². The number of sulfonamides is 1. The monoisotopic (exact) mass is 283 g/mol. The smallest absolute Gasteiger partial charge is 0.243 e. The van der Waals surface area contributed by atoms with Crippen molar-refractivity contribution in [2.75, 3.05) is 12.3 Å². The van der Waals surface area contributed by atoms with E-state index in [1.807, 2.05) is 6.07 Å². The van der Waals surface area contributed by atoms with Crippen molar-refractivity contribution < 1.29 is 13.5 Å². The minimum Gasteiger partial charge on any atom is -0.398 e. The highest BCUT2D eigenvalue weighted by molar-refractivity contribution is 7.89. The topological polar surface area (TPSA) is 116 Å². The number of hydrogen-bond donors (Lipinski definition) is 3. The minimum absolute atomic E-state index is 0.00272. The van der Waals surface area contributed by atoms with Gasteiger partial charge in [0.25, 0.3) is 0 Å². The average molecular weight is 283 g/mol. The van der Waals surface area contributed by atoms with Gasteiger partial charge in [-0.05, 0) is 31.5 Å². The summed E-state index contributed by atoms with van der Waals surface area (Å²) in [6, 6.07) is 5.85. The van der Waals surface area contributed by atoms with Crippen molar-refractivity contribution in [2.24, 2.45) is 0 Å². The Morgan fingerprint density at radius 1 is 1.53 bits per heavy atom. The van der Waals surface area contributed by atoms with Gasteiger partial charge in [-0.1, -0.05) is 6.92 Å². The van der Waals surface area contributed by atoms with Crippen LogP contribution < -0.4 is 10.5 Å². The lowest BCUT2D eigenvalue weighted by molar-refractivity contribution is 0.191. The summed E-state index contributed by atoms with van der Waals surface area (Å²) in [6.07, 6.45) is 0.429. The molecule has 0 aliphatic rings. The number of benzene rings is 1. The molecular weight excluding hydrogens is 266 g/mol. The SMILES string of the molecule is CCC(C)(CO)NS(=O)(=O)c1ccc(C#N)cc1N. The van der Waals surface area contributed by atoms with E-state index in [1.54, 1.807) is 13.8 Å². The Bertz CT molecular complexity index is 601. The summed E-state index contributed by atoms with van der Waals surface area (Å²) >= 11 is 0. The maximum atomic E-state index is 12.2. The Kier molecular flexibility index (Phi) is 4.52. The Hall–Kier alpha value is -1.62. The fraction of sp³-hybridized carbons (Fsp3) is 0.417. The summed E-state index contributed by atoms with van der Waals surface area (Å²) in [7, 11) is -3.84. The van der Waals surface area contributed by atoms with E-state index in [0.717, 1.165) is 0 Å². The third-order valence-electron chi connectivity index (χ3n) is 2.94. The van der Waals surface area contributed by atoms with Crippen LogP contribution in [0.1, 0.15) is 25.8 Å². The van der Waals surface area contributed by atoms with Gasteiger partial charge >= 0.3 is 0 Å². The molecule has 0 aromatic heterocycles. The van der Waals surface area contributed by atoms with Gasteiger partial charge in [0, 0.05) is 0 Å². The van der Waals surface area contributed by atoms with Crippen LogP contribution in [0.2, 0.25) is 0 Å². The van der Waals surface area contributed by atoms with E-state index in [0.29, 0.717) is 6.42 Å². The molecule has 0 heterocycles. The van der Waals surface area contributed by atoms with Gasteiger partial charge in [-0.15, -0.1) is 0 Å². The molecule has 19 heavy (non-hydrogen) atoms. The molecule has 0 radical (unpaired) electrons. The van der Waals surface area contributed by atoms with E-state index < -0.39 is 15.6 Å². The van der Waals surface area contributed by atoms with E-state index in [4.69, 9.17) is 11.0 Å². The molecule has 0 amide bonds. The minimum atomic E-state index is -3.84. The molecule has 0 saturated carbocycles. The van der Waals surface area contributed by atoms with Gasteiger partial charge in [0.15, 0.2) is 0 Å². The van der Waals surface area contributed by atoms with Gasteiger partial charge in [0.05, 0.1) is 29.5 Å². The highest BCUT2D eigenvalue weighted by Gasteiger charge is 2.29. The molecule has 1 unspecified atom stereocenters. The zero-order valence-corrected chi connectivity index (χ0v) is 11.7. The number of aliphatic hydroxyl groups is 1. The van der Waals surface area contributed by atoms with Crippen molar-refractivity contribution in [1.29, 1.82) is 5.26 Å². The van der Waals surface area contributed by atoms with Gasteiger partial charge in [-0.25, -0.2) is 13.1 Å². The molecule has 0 bridgehead atoms. The van der Waals surface area contributed by atoms with Crippen LogP contribution in [0, 0.1) is 11.3 Å². The molecule has 104 valence electrons. The van der Waals surface area contributed by atoms with Crippen molar-refractivity contribution in [2.45, 2.75) is 30.7 Å². The largest absolute Gasteiger partial charge is 0.398 e. The summed E-state index contributed by atoms with van der Waals surface area (Å²) in [6.45, 7) is 3.05. The molecule has 0 aliphatic carbocycles. The van der Waals surface area contributed by atoms with Crippen LogP contribution in [0.25, 0.3) is 0 Å². The summed E-state index contributed by atoms with van der Waals surface area (Å²) in [4.78, 5) is -0.0976. The molecule has 1 atom stereocenters. The first-order valence-corrected chi connectivity index (χ1v) is 7.21. The van der Waals surface area contributed by atoms with Crippen molar-refractivity contribution in [3.05, 3.63) is 23.8 Å². The lowest BCUT2D eigenvalue weighted by atomic mass is 10.0. The maximum absolute atomic E-state index is 12.2. The standard InChI is InChI=1S/C12H17N3O3S/c1-3-12(2,8-16)15-19(17,18)11-5-4-9(7-13)6-10(11)14/h4-6,15-16H,3,8,14H2,1-2H3. The maximum Gasteiger partial charge on any atom is 0.243 e. The van der Waals surface area contributed by atoms with Gasteiger partial charge < -0.3 is 10.8 Å². The Morgan fingerprint density at radius 3 is 2.58 bits per heavy atom. The van der Waals surface area contributed by atoms with Crippen LogP contribution >= 0.6 is 0 Å². The number of hydrogen-bond acceptors (Lipinski definition) is 5. The van der Waals surface area contributed by atoms with Crippen LogP contribution in [0.3, 0.4) is 0 Å². The first kappa shape index (κ1) is 15.4. The summed E-state index contributed by atoms with van der Waals surface area (Å²) < 4.78 is 26.8. The van der Waals surface area contributed by atoms with Crippen LogP contribution in [-0.4, -0.2) is 25.7 Å². The fourth-order valence-electron chi connectivity index (χ4n) is 1.46. The quantitative estimate of drug-likeness (QED) is 0.683. The number of nitrogens with zero attached hydrogens (tertiary/aromatic N) is 1. The van der Waals surface area contributed by atoms with Gasteiger partial charge in [-0.2, -0.15) is 5.26 Å². The first-order chi connectivity index (χ1) is 8.78. The highest BCUT2D eigenvalue weighted by Crippen LogP contribution is 2.22. The zero-order valence-electron chi connectivity index (χ0n) is 10.8. The number of anilines is 1. The van der Waals surface area contributed by atoms with Crippen LogP contribution in [-0.2, 0) is 10.0 Å². The molecule has 4 N–H and O–H groups in total. The average Bonchev–Trinajstić information content (AvgIpc) is 2.37. The van der Waals surface area contributed by atoms with Crippen molar-refractivity contribution in [1.82, 2.24) is 4.72 Å². The predicted molar refractivity (Wildman–Crippen MR) is 71.7 cm³/mol. The lowest BCUT2D eigenvalue weighted by Gasteiger charge is -2.27. The number of nitriles is 1. The molecule has 1 aromatic rings. The van der Waals surface area contributed by atoms with E-state index in [2.05, 4.69) is 4.72 Å². The number of rotatable bonds is 5. The van der Waals surface area contributed by atoms with Crippen molar-refractivity contribution in [3.8, 4) is 6.07 Å². The van der Waals surface area contributed by atoms with Crippen LogP contribution in [0.4, 0.5) is 5.69 Å². The molecular formula is C12H17N3O3S. The third kappa shape index (κ3) is 3.44. The number of nitrogens with one attached hydrogen (secondary N) is 1. The molecule has 6 nitrogen and oxygen atoms in total. The third-order valence-corrected chi connectivity index (χ3v) is 4.65. The van der Waals surface area contributed by atoms with E-state index in [-0.39, 0.29) is 22.8 Å². The first-order valence-electron chi connectivity index (χ1n) is 5.72. The molecule has 0 fully saturated rings. The normalized spacial score (nSPS) is 14.6. The van der Waals surface area contributed by atoms with E-state index >= 15 is 0 Å². The van der Waals surface area contributed by atoms with Crippen LogP contribution in [0.5, 0.6) is 0 Å². The van der Waals surface area contributed by atoms with Crippen molar-refractivity contribution >= 4 is 15.7 Å². The molecule has 1 rings (SSSR count). The van der Waals surface area contributed by atoms with Crippen LogP contribution in [0.15, 0.2) is 23.1 Å². The second kappa shape index (κ2) is 5.57. The Labute approximate surface area is 112 Å². The number of nitrogens with two attached hydrogens (primary N) is 1. The molecule has 0 aliphatic heterocycles. The molecule has 0 spiro atoms. The molecule has 1 aromatic carbocycles. The zero-order chi connectivity index (χ0) is 14.7. The summed E-state index contributed by atoms with van der Waals surface area (Å²) in [5, 5.41) is 18.0. The number of aliphatic hydroxyl groups excluding tert-OH is 1. The van der Waals surface area contributed by atoms with Gasteiger partial charge in [-0.3, -0.25) is 0 Å². The molecule has 7 heteroatoms. The highest BCUT2D eigenvalue weighted by atomic mass is 32.2. The number of nitrogen functional groups attached to an aromatic ring is 1. The fourth-order valence-corrected chi connectivity index (χ4v) is 3.04. The van der Waals surface area contributed by atoms with Crippen molar-refractivity contribution in [3.63, 3.8) is 0 Å². The second-order valence-corrected chi connectivity index (χ2v) is 6.19. The summed E-state index contributed by atoms with van der Waals surface area (Å²) in [5.41, 5.74) is 5.00. The Morgan fingerprint density at radius 2 is 2.16 bits per heavy atom. The van der Waals surface area contributed by atoms with Gasteiger partial charge in [0.2, 0.25) is 10.0 Å². The molecule has 0 saturated heterocycles. The summed E-state index contributed by atoms with van der Waals surface area (Å²) in [5.74, 6) is 0. The van der Waals surface area contributed by atoms with E-state index in [9.17, 15) is 13.5 Å². The Balaban J connectivity index is 3.19. The lowest BCUT2D eigenvalue weighted by Crippen LogP contribution is -2.48.